The summed E-state index contributed by atoms with van der Waals surface area (Å²) in [5.74, 6) is -4.57. The van der Waals surface area contributed by atoms with Crippen molar-refractivity contribution >= 4 is 23.2 Å². The van der Waals surface area contributed by atoms with Gasteiger partial charge in [0.15, 0.2) is 23.4 Å². The van der Waals surface area contributed by atoms with E-state index in [1.54, 1.807) is 7.05 Å². The molecule has 0 radical (unpaired) electrons. The molecule has 1 saturated heterocycles. The Bertz CT molecular complexity index is 933. The molecule has 6 nitrogen and oxygen atoms in total. The van der Waals surface area contributed by atoms with E-state index in [2.05, 4.69) is 50.1 Å². The molecule has 3 N–H and O–H groups in total. The second-order valence-electron chi connectivity index (χ2n) is 7.11. The van der Waals surface area contributed by atoms with Gasteiger partial charge in [0.2, 0.25) is 5.91 Å². The SMILES string of the molecule is CN=C(NCC(=O)Nc1ccc(F)c(F)c1F)NC1CCN(c2ccc(C)cc2)C1. The third-order valence-electron chi connectivity index (χ3n) is 4.88. The minimum absolute atomic E-state index is 0.143. The third-order valence-corrected chi connectivity index (χ3v) is 4.88. The Labute approximate surface area is 173 Å². The molecule has 1 amide bonds. The molecule has 3 rings (SSSR count). The zero-order valence-electron chi connectivity index (χ0n) is 16.8. The third kappa shape index (κ3) is 5.22. The maximum absolute atomic E-state index is 13.7. The highest BCUT2D eigenvalue weighted by molar-refractivity contribution is 5.95. The number of carbonyl (C=O) groups is 1. The number of rotatable bonds is 5. The van der Waals surface area contributed by atoms with Crippen molar-refractivity contribution in [3.63, 3.8) is 0 Å². The van der Waals surface area contributed by atoms with Gasteiger partial charge in [-0.15, -0.1) is 0 Å². The highest BCUT2D eigenvalue weighted by Crippen LogP contribution is 2.21. The van der Waals surface area contributed by atoms with Crippen LogP contribution >= 0.6 is 0 Å². The molecule has 0 bridgehead atoms. The van der Waals surface area contributed by atoms with Crippen molar-refractivity contribution in [1.29, 1.82) is 0 Å². The van der Waals surface area contributed by atoms with E-state index in [-0.39, 0.29) is 12.6 Å². The van der Waals surface area contributed by atoms with E-state index >= 15 is 0 Å². The van der Waals surface area contributed by atoms with Crippen LogP contribution in [-0.2, 0) is 4.79 Å². The molecule has 1 heterocycles. The molecule has 0 aromatic heterocycles. The number of amides is 1. The van der Waals surface area contributed by atoms with Crippen LogP contribution in [0.15, 0.2) is 41.4 Å². The topological polar surface area (TPSA) is 68.8 Å². The number of hydrogen-bond acceptors (Lipinski definition) is 3. The summed E-state index contributed by atoms with van der Waals surface area (Å²) in [7, 11) is 1.58. The highest BCUT2D eigenvalue weighted by Gasteiger charge is 2.23. The molecule has 160 valence electrons. The van der Waals surface area contributed by atoms with E-state index in [4.69, 9.17) is 0 Å². The Hall–Kier alpha value is -3.23. The maximum Gasteiger partial charge on any atom is 0.243 e. The lowest BCUT2D eigenvalue weighted by molar-refractivity contribution is -0.115. The monoisotopic (exact) mass is 419 g/mol. The number of halogens is 3. The van der Waals surface area contributed by atoms with Crippen LogP contribution in [0.4, 0.5) is 24.5 Å². The molecule has 2 aromatic rings. The summed E-state index contributed by atoms with van der Waals surface area (Å²) < 4.78 is 39.9. The first-order valence-corrected chi connectivity index (χ1v) is 9.59. The normalized spacial score (nSPS) is 16.5. The summed E-state index contributed by atoms with van der Waals surface area (Å²) in [6.07, 6.45) is 0.904. The number of aliphatic imine (C=N–C) groups is 1. The first-order valence-electron chi connectivity index (χ1n) is 9.59. The van der Waals surface area contributed by atoms with Crippen molar-refractivity contribution < 1.29 is 18.0 Å². The van der Waals surface area contributed by atoms with Gasteiger partial charge in [0.1, 0.15) is 0 Å². The highest BCUT2D eigenvalue weighted by atomic mass is 19.2. The van der Waals surface area contributed by atoms with Crippen molar-refractivity contribution in [3.8, 4) is 0 Å². The Morgan fingerprint density at radius 3 is 2.57 bits per heavy atom. The number of nitrogens with zero attached hydrogens (tertiary/aromatic N) is 2. The standard InChI is InChI=1S/C21H24F3N5O/c1-13-3-5-15(6-4-13)29-10-9-14(12-29)27-21(25-2)26-11-18(30)28-17-8-7-16(22)19(23)20(17)24/h3-8,14H,9-12H2,1-2H3,(H,28,30)(H2,25,26,27). The number of guanidine groups is 1. The van der Waals surface area contributed by atoms with Crippen molar-refractivity contribution in [1.82, 2.24) is 10.6 Å². The number of hydrogen-bond donors (Lipinski definition) is 3. The molecular formula is C21H24F3N5O. The molecule has 9 heteroatoms. The second-order valence-corrected chi connectivity index (χ2v) is 7.11. The van der Waals surface area contributed by atoms with E-state index in [0.29, 0.717) is 5.96 Å². The van der Waals surface area contributed by atoms with Crippen LogP contribution in [0.5, 0.6) is 0 Å². The van der Waals surface area contributed by atoms with Gasteiger partial charge in [-0.3, -0.25) is 9.79 Å². The minimum atomic E-state index is -1.63. The lowest BCUT2D eigenvalue weighted by Crippen LogP contribution is -2.46. The van der Waals surface area contributed by atoms with E-state index < -0.39 is 29.0 Å². The molecule has 1 atom stereocenters. The van der Waals surface area contributed by atoms with Gasteiger partial charge < -0.3 is 20.9 Å². The largest absolute Gasteiger partial charge is 0.369 e. The number of nitrogens with one attached hydrogen (secondary N) is 3. The van der Waals surface area contributed by atoms with Crippen LogP contribution in [0.3, 0.4) is 0 Å². The van der Waals surface area contributed by atoms with E-state index in [1.165, 1.54) is 5.56 Å². The zero-order valence-corrected chi connectivity index (χ0v) is 16.8. The average Bonchev–Trinajstić information content (AvgIpc) is 3.20. The predicted molar refractivity (Wildman–Crippen MR) is 111 cm³/mol. The first-order chi connectivity index (χ1) is 14.4. The Morgan fingerprint density at radius 2 is 1.87 bits per heavy atom. The lowest BCUT2D eigenvalue weighted by Gasteiger charge is -2.20. The molecular weight excluding hydrogens is 395 g/mol. The smallest absolute Gasteiger partial charge is 0.243 e. The fourth-order valence-corrected chi connectivity index (χ4v) is 3.24. The van der Waals surface area contributed by atoms with Gasteiger partial charge in [0, 0.05) is 31.9 Å². The number of carbonyl (C=O) groups excluding carboxylic acids is 1. The van der Waals surface area contributed by atoms with Crippen LogP contribution < -0.4 is 20.9 Å². The van der Waals surface area contributed by atoms with Crippen LogP contribution in [-0.4, -0.2) is 44.6 Å². The summed E-state index contributed by atoms with van der Waals surface area (Å²) in [5.41, 5.74) is 1.94. The summed E-state index contributed by atoms with van der Waals surface area (Å²) in [6, 6.07) is 10.2. The van der Waals surface area contributed by atoms with Gasteiger partial charge in [0.25, 0.3) is 0 Å². The van der Waals surface area contributed by atoms with Crippen LogP contribution in [0, 0.1) is 24.4 Å². The number of benzene rings is 2. The molecule has 1 aliphatic rings. The van der Waals surface area contributed by atoms with Crippen molar-refractivity contribution in [3.05, 3.63) is 59.4 Å². The molecule has 0 aliphatic carbocycles. The molecule has 1 unspecified atom stereocenters. The first kappa shape index (κ1) is 21.5. The van der Waals surface area contributed by atoms with Crippen LogP contribution in [0.1, 0.15) is 12.0 Å². The quantitative estimate of drug-likeness (QED) is 0.396. The number of anilines is 2. The van der Waals surface area contributed by atoms with E-state index in [0.717, 1.165) is 37.3 Å². The molecule has 30 heavy (non-hydrogen) atoms. The van der Waals surface area contributed by atoms with E-state index in [1.807, 2.05) is 6.92 Å². The summed E-state index contributed by atoms with van der Waals surface area (Å²) in [6.45, 7) is 3.51. The summed E-state index contributed by atoms with van der Waals surface area (Å²) >= 11 is 0. The van der Waals surface area contributed by atoms with Crippen LogP contribution in [0.25, 0.3) is 0 Å². The Balaban J connectivity index is 1.48. The average molecular weight is 419 g/mol. The number of aryl methyl sites for hydroxylation is 1. The minimum Gasteiger partial charge on any atom is -0.369 e. The van der Waals surface area contributed by atoms with Crippen molar-refractivity contribution in [2.75, 3.05) is 36.9 Å². The Morgan fingerprint density at radius 1 is 1.13 bits per heavy atom. The van der Waals surface area contributed by atoms with Gasteiger partial charge in [-0.05, 0) is 37.6 Å². The maximum atomic E-state index is 13.7. The lowest BCUT2D eigenvalue weighted by atomic mass is 10.2. The second kappa shape index (κ2) is 9.51. The van der Waals surface area contributed by atoms with Crippen LogP contribution in [0.2, 0.25) is 0 Å². The van der Waals surface area contributed by atoms with Gasteiger partial charge >= 0.3 is 0 Å². The fourth-order valence-electron chi connectivity index (χ4n) is 3.24. The van der Waals surface area contributed by atoms with Gasteiger partial charge in [-0.1, -0.05) is 17.7 Å². The fraction of sp³-hybridized carbons (Fsp3) is 0.333. The van der Waals surface area contributed by atoms with Crippen molar-refractivity contribution in [2.24, 2.45) is 4.99 Å². The predicted octanol–water partition coefficient (Wildman–Crippen LogP) is 2.79. The van der Waals surface area contributed by atoms with Gasteiger partial charge in [-0.25, -0.2) is 13.2 Å². The van der Waals surface area contributed by atoms with Crippen molar-refractivity contribution in [2.45, 2.75) is 19.4 Å². The molecule has 0 spiro atoms. The molecule has 1 aliphatic heterocycles. The van der Waals surface area contributed by atoms with Gasteiger partial charge in [0.05, 0.1) is 12.2 Å². The molecule has 1 fully saturated rings. The summed E-state index contributed by atoms with van der Waals surface area (Å²) in [5, 5.41) is 8.31. The molecule has 0 saturated carbocycles. The zero-order chi connectivity index (χ0) is 21.7. The van der Waals surface area contributed by atoms with Gasteiger partial charge in [-0.2, -0.15) is 0 Å². The summed E-state index contributed by atoms with van der Waals surface area (Å²) in [4.78, 5) is 18.4. The molecule has 2 aromatic carbocycles. The Kier molecular flexibility index (Phi) is 6.81. The van der Waals surface area contributed by atoms with E-state index in [9.17, 15) is 18.0 Å².